The standard InChI is InChI=1S/C20H25N3O2/c1-2-15-7-5-6-10-23(15)19(24)14-12-22(13-14)20(25)17-11-21-18-9-4-3-8-16(17)18/h3-4,8-9,11,14-15,21H,2,5-7,10,12-13H2,1H3. The highest BCUT2D eigenvalue weighted by Gasteiger charge is 2.40. The van der Waals surface area contributed by atoms with Crippen LogP contribution in [0.1, 0.15) is 43.0 Å². The van der Waals surface area contributed by atoms with Crippen molar-refractivity contribution < 1.29 is 9.59 Å². The molecule has 2 aliphatic rings. The third-order valence-corrected chi connectivity index (χ3v) is 5.72. The average Bonchev–Trinajstić information content (AvgIpc) is 3.04. The van der Waals surface area contributed by atoms with E-state index >= 15 is 0 Å². The fourth-order valence-electron chi connectivity index (χ4n) is 4.17. The number of nitrogens with zero attached hydrogens (tertiary/aromatic N) is 2. The Bertz CT molecular complexity index is 791. The molecule has 1 aromatic heterocycles. The van der Waals surface area contributed by atoms with E-state index in [0.29, 0.717) is 24.7 Å². The molecule has 3 heterocycles. The van der Waals surface area contributed by atoms with Crippen LogP contribution in [0.5, 0.6) is 0 Å². The molecule has 1 atom stereocenters. The van der Waals surface area contributed by atoms with E-state index < -0.39 is 0 Å². The molecular weight excluding hydrogens is 314 g/mol. The van der Waals surface area contributed by atoms with Crippen LogP contribution in [-0.4, -0.2) is 52.3 Å². The van der Waals surface area contributed by atoms with Gasteiger partial charge < -0.3 is 14.8 Å². The van der Waals surface area contributed by atoms with Gasteiger partial charge in [0, 0.05) is 42.8 Å². The maximum absolute atomic E-state index is 12.8. The van der Waals surface area contributed by atoms with Gasteiger partial charge in [-0.25, -0.2) is 0 Å². The van der Waals surface area contributed by atoms with Gasteiger partial charge in [0.2, 0.25) is 5.91 Å². The van der Waals surface area contributed by atoms with E-state index in [2.05, 4.69) is 16.8 Å². The second-order valence-electron chi connectivity index (χ2n) is 7.24. The Hall–Kier alpha value is -2.30. The van der Waals surface area contributed by atoms with Crippen molar-refractivity contribution in [3.8, 4) is 0 Å². The molecule has 0 bridgehead atoms. The van der Waals surface area contributed by atoms with E-state index in [4.69, 9.17) is 0 Å². The van der Waals surface area contributed by atoms with Crippen LogP contribution in [0, 0.1) is 5.92 Å². The number of H-pyrrole nitrogens is 1. The number of rotatable bonds is 3. The van der Waals surface area contributed by atoms with Crippen LogP contribution in [0.15, 0.2) is 30.5 Å². The Morgan fingerprint density at radius 1 is 1.20 bits per heavy atom. The molecule has 4 rings (SSSR count). The lowest BCUT2D eigenvalue weighted by Crippen LogP contribution is -2.58. The maximum Gasteiger partial charge on any atom is 0.256 e. The Labute approximate surface area is 148 Å². The summed E-state index contributed by atoms with van der Waals surface area (Å²) in [6, 6.07) is 8.21. The molecule has 5 nitrogen and oxygen atoms in total. The summed E-state index contributed by atoms with van der Waals surface area (Å²) in [5.41, 5.74) is 1.67. The van der Waals surface area contributed by atoms with Crippen molar-refractivity contribution in [2.45, 2.75) is 38.6 Å². The van der Waals surface area contributed by atoms with Gasteiger partial charge in [0.25, 0.3) is 5.91 Å². The molecule has 1 N–H and O–H groups in total. The van der Waals surface area contributed by atoms with Crippen molar-refractivity contribution >= 4 is 22.7 Å². The number of hydrogen-bond acceptors (Lipinski definition) is 2. The van der Waals surface area contributed by atoms with E-state index in [9.17, 15) is 9.59 Å². The smallest absolute Gasteiger partial charge is 0.256 e. The number of fused-ring (bicyclic) bond motifs is 1. The second-order valence-corrected chi connectivity index (χ2v) is 7.24. The van der Waals surface area contributed by atoms with Gasteiger partial charge in [-0.2, -0.15) is 0 Å². The molecule has 2 fully saturated rings. The minimum absolute atomic E-state index is 0.0205. The Balaban J connectivity index is 1.41. The number of piperidine rings is 1. The fraction of sp³-hybridized carbons (Fsp3) is 0.500. The molecular formula is C20H25N3O2. The molecule has 1 unspecified atom stereocenters. The predicted octanol–water partition coefficient (Wildman–Crippen LogP) is 3.03. The molecule has 2 saturated heterocycles. The highest BCUT2D eigenvalue weighted by Crippen LogP contribution is 2.28. The van der Waals surface area contributed by atoms with Gasteiger partial charge in [-0.05, 0) is 31.7 Å². The molecule has 2 aromatic rings. The number of aromatic nitrogens is 1. The quantitative estimate of drug-likeness (QED) is 0.934. The number of likely N-dealkylation sites (tertiary alicyclic amines) is 2. The van der Waals surface area contributed by atoms with Crippen LogP contribution < -0.4 is 0 Å². The van der Waals surface area contributed by atoms with Gasteiger partial charge in [0.1, 0.15) is 0 Å². The topological polar surface area (TPSA) is 56.4 Å². The third kappa shape index (κ3) is 2.81. The predicted molar refractivity (Wildman–Crippen MR) is 97.3 cm³/mol. The highest BCUT2D eigenvalue weighted by atomic mass is 16.2. The number of hydrogen-bond donors (Lipinski definition) is 1. The summed E-state index contributed by atoms with van der Waals surface area (Å²) in [7, 11) is 0. The maximum atomic E-state index is 12.8. The summed E-state index contributed by atoms with van der Waals surface area (Å²) in [4.78, 5) is 32.6. The summed E-state index contributed by atoms with van der Waals surface area (Å²) in [6.07, 6.45) is 6.24. The minimum atomic E-state index is -0.0266. The number of carbonyl (C=O) groups is 2. The summed E-state index contributed by atoms with van der Waals surface area (Å²) in [5, 5.41) is 0.948. The largest absolute Gasteiger partial charge is 0.360 e. The van der Waals surface area contributed by atoms with Gasteiger partial charge in [0.05, 0.1) is 11.5 Å². The van der Waals surface area contributed by atoms with E-state index in [1.165, 1.54) is 6.42 Å². The SMILES string of the molecule is CCC1CCCCN1C(=O)C1CN(C(=O)c2c[nH]c3ccccc23)C1. The highest BCUT2D eigenvalue weighted by molar-refractivity contribution is 6.07. The Morgan fingerprint density at radius 2 is 2.00 bits per heavy atom. The van der Waals surface area contributed by atoms with Gasteiger partial charge in [0.15, 0.2) is 0 Å². The van der Waals surface area contributed by atoms with E-state index in [1.54, 1.807) is 11.1 Å². The minimum Gasteiger partial charge on any atom is -0.360 e. The van der Waals surface area contributed by atoms with Crippen LogP contribution in [0.3, 0.4) is 0 Å². The van der Waals surface area contributed by atoms with E-state index in [0.717, 1.165) is 36.7 Å². The summed E-state index contributed by atoms with van der Waals surface area (Å²) in [6.45, 7) is 4.13. The first-order chi connectivity index (χ1) is 12.2. The molecule has 2 aliphatic heterocycles. The number of amides is 2. The van der Waals surface area contributed by atoms with E-state index in [-0.39, 0.29) is 17.7 Å². The summed E-state index contributed by atoms with van der Waals surface area (Å²) < 4.78 is 0. The zero-order chi connectivity index (χ0) is 17.4. The van der Waals surface area contributed by atoms with Crippen molar-refractivity contribution in [2.24, 2.45) is 5.92 Å². The number of para-hydroxylation sites is 1. The number of nitrogens with one attached hydrogen (secondary N) is 1. The van der Waals surface area contributed by atoms with Crippen LogP contribution in [-0.2, 0) is 4.79 Å². The third-order valence-electron chi connectivity index (χ3n) is 5.72. The Morgan fingerprint density at radius 3 is 2.80 bits per heavy atom. The van der Waals surface area contributed by atoms with Crippen molar-refractivity contribution in [3.05, 3.63) is 36.0 Å². The lowest BCUT2D eigenvalue weighted by molar-refractivity contribution is -0.143. The van der Waals surface area contributed by atoms with Crippen LogP contribution in [0.25, 0.3) is 10.9 Å². The molecule has 2 amide bonds. The normalized spacial score (nSPS) is 21.4. The first kappa shape index (κ1) is 16.2. The molecule has 0 aliphatic carbocycles. The second kappa shape index (κ2) is 6.54. The lowest BCUT2D eigenvalue weighted by atomic mass is 9.93. The first-order valence-corrected chi connectivity index (χ1v) is 9.35. The molecule has 0 radical (unpaired) electrons. The lowest BCUT2D eigenvalue weighted by Gasteiger charge is -2.44. The number of benzene rings is 1. The van der Waals surface area contributed by atoms with Crippen molar-refractivity contribution in [3.63, 3.8) is 0 Å². The van der Waals surface area contributed by atoms with Crippen molar-refractivity contribution in [1.29, 1.82) is 0 Å². The van der Waals surface area contributed by atoms with Crippen LogP contribution in [0.4, 0.5) is 0 Å². The number of carbonyl (C=O) groups excluding carboxylic acids is 2. The average molecular weight is 339 g/mol. The van der Waals surface area contributed by atoms with Gasteiger partial charge >= 0.3 is 0 Å². The fourth-order valence-corrected chi connectivity index (χ4v) is 4.17. The number of aromatic amines is 1. The summed E-state index contributed by atoms with van der Waals surface area (Å²) in [5.74, 6) is 0.239. The van der Waals surface area contributed by atoms with Crippen molar-refractivity contribution in [2.75, 3.05) is 19.6 Å². The van der Waals surface area contributed by atoms with Gasteiger partial charge in [-0.15, -0.1) is 0 Å². The van der Waals surface area contributed by atoms with Crippen molar-refractivity contribution in [1.82, 2.24) is 14.8 Å². The monoisotopic (exact) mass is 339 g/mol. The molecule has 0 saturated carbocycles. The van der Waals surface area contributed by atoms with Crippen LogP contribution in [0.2, 0.25) is 0 Å². The molecule has 132 valence electrons. The van der Waals surface area contributed by atoms with Gasteiger partial charge in [-0.1, -0.05) is 25.1 Å². The van der Waals surface area contributed by atoms with Crippen LogP contribution >= 0.6 is 0 Å². The zero-order valence-electron chi connectivity index (χ0n) is 14.7. The Kier molecular flexibility index (Phi) is 4.24. The molecule has 5 heteroatoms. The molecule has 0 spiro atoms. The molecule has 25 heavy (non-hydrogen) atoms. The first-order valence-electron chi connectivity index (χ1n) is 9.35. The van der Waals surface area contributed by atoms with E-state index in [1.807, 2.05) is 24.3 Å². The van der Waals surface area contributed by atoms with Gasteiger partial charge in [-0.3, -0.25) is 9.59 Å². The summed E-state index contributed by atoms with van der Waals surface area (Å²) >= 11 is 0. The zero-order valence-corrected chi connectivity index (χ0v) is 14.7. The molecule has 1 aromatic carbocycles.